The molecule has 0 bridgehead atoms. The van der Waals surface area contributed by atoms with E-state index in [1.54, 1.807) is 0 Å². The van der Waals surface area contributed by atoms with Gasteiger partial charge in [-0.2, -0.15) is 0 Å². The second-order valence-electron chi connectivity index (χ2n) is 8.69. The van der Waals surface area contributed by atoms with Crippen LogP contribution in [0.1, 0.15) is 57.2 Å². The third kappa shape index (κ3) is 6.19. The molecule has 1 heterocycles. The molecule has 2 nitrogen and oxygen atoms in total. The zero-order chi connectivity index (χ0) is 19.1. The molecule has 2 heteroatoms. The summed E-state index contributed by atoms with van der Waals surface area (Å²) in [7, 11) is 0. The minimum absolute atomic E-state index is 0.0165. The fourth-order valence-corrected chi connectivity index (χ4v) is 4.45. The van der Waals surface area contributed by atoms with Gasteiger partial charge in [-0.25, -0.2) is 0 Å². The van der Waals surface area contributed by atoms with Crippen molar-refractivity contribution >= 4 is 0 Å². The van der Waals surface area contributed by atoms with E-state index in [0.717, 1.165) is 19.1 Å². The van der Waals surface area contributed by atoms with Gasteiger partial charge in [0.2, 0.25) is 0 Å². The van der Waals surface area contributed by atoms with Crippen LogP contribution in [0.25, 0.3) is 0 Å². The van der Waals surface area contributed by atoms with Gasteiger partial charge in [-0.3, -0.25) is 0 Å². The first-order chi connectivity index (χ1) is 13.0. The maximum atomic E-state index is 5.98. The summed E-state index contributed by atoms with van der Waals surface area (Å²) in [6, 6.07) is 22.1. The first kappa shape index (κ1) is 20.1. The van der Waals surface area contributed by atoms with Gasteiger partial charge in [0.1, 0.15) is 0 Å². The Hall–Kier alpha value is -1.64. The zero-order valence-electron chi connectivity index (χ0n) is 17.2. The molecule has 2 aromatic rings. The Bertz CT molecular complexity index is 667. The number of hydrogen-bond donors (Lipinski definition) is 1. The first-order valence-electron chi connectivity index (χ1n) is 10.5. The first-order valence-corrected chi connectivity index (χ1v) is 10.5. The Morgan fingerprint density at radius 3 is 2.37 bits per heavy atom. The van der Waals surface area contributed by atoms with E-state index < -0.39 is 0 Å². The Balaban J connectivity index is 1.61. The Labute approximate surface area is 165 Å². The van der Waals surface area contributed by atoms with Crippen LogP contribution in [0.2, 0.25) is 0 Å². The minimum atomic E-state index is 0.0165. The summed E-state index contributed by atoms with van der Waals surface area (Å²) in [4.78, 5) is 0. The molecule has 0 unspecified atom stereocenters. The third-order valence-corrected chi connectivity index (χ3v) is 6.01. The lowest BCUT2D eigenvalue weighted by molar-refractivity contribution is -0.0830. The van der Waals surface area contributed by atoms with Crippen molar-refractivity contribution < 1.29 is 4.74 Å². The van der Waals surface area contributed by atoms with Gasteiger partial charge in [-0.1, -0.05) is 60.7 Å². The van der Waals surface area contributed by atoms with Crippen LogP contribution in [-0.4, -0.2) is 18.8 Å². The molecule has 27 heavy (non-hydrogen) atoms. The largest absolute Gasteiger partial charge is 0.376 e. The molecule has 0 spiro atoms. The van der Waals surface area contributed by atoms with Gasteiger partial charge < -0.3 is 10.1 Å². The molecule has 1 aliphatic heterocycles. The van der Waals surface area contributed by atoms with Gasteiger partial charge in [0.15, 0.2) is 0 Å². The van der Waals surface area contributed by atoms with Crippen molar-refractivity contribution in [2.24, 2.45) is 11.8 Å². The quantitative estimate of drug-likeness (QED) is 0.639. The van der Waals surface area contributed by atoms with Crippen molar-refractivity contribution in [3.8, 4) is 0 Å². The fraction of sp³-hybridized carbons (Fsp3) is 0.520. The van der Waals surface area contributed by atoms with Gasteiger partial charge in [0.25, 0.3) is 0 Å². The highest BCUT2D eigenvalue weighted by Crippen LogP contribution is 2.36. The van der Waals surface area contributed by atoms with Gasteiger partial charge in [-0.15, -0.1) is 0 Å². The molecule has 0 radical (unpaired) electrons. The number of nitrogens with one attached hydrogen (secondary N) is 1. The molecule has 0 amide bonds. The molecule has 1 saturated heterocycles. The number of hydrogen-bond acceptors (Lipinski definition) is 2. The SMILES string of the molecule is C[C@@H](NCC[C@@H](Cc1ccccc1)[C@@H]1CCOC(C)(C)C1)c1ccccc1. The molecule has 146 valence electrons. The van der Waals surface area contributed by atoms with E-state index in [0.29, 0.717) is 12.0 Å². The van der Waals surface area contributed by atoms with Gasteiger partial charge in [-0.05, 0) is 76.0 Å². The lowest BCUT2D eigenvalue weighted by Crippen LogP contribution is -2.38. The smallest absolute Gasteiger partial charge is 0.0629 e. The van der Waals surface area contributed by atoms with Crippen molar-refractivity contribution in [1.82, 2.24) is 5.32 Å². The van der Waals surface area contributed by atoms with E-state index in [2.05, 4.69) is 86.8 Å². The molecular formula is C25H35NO. The highest BCUT2D eigenvalue weighted by Gasteiger charge is 2.33. The van der Waals surface area contributed by atoms with Crippen molar-refractivity contribution in [2.45, 2.75) is 58.1 Å². The monoisotopic (exact) mass is 365 g/mol. The molecule has 1 N–H and O–H groups in total. The third-order valence-electron chi connectivity index (χ3n) is 6.01. The Morgan fingerprint density at radius 2 is 1.70 bits per heavy atom. The van der Waals surface area contributed by atoms with Crippen LogP contribution in [-0.2, 0) is 11.2 Å². The van der Waals surface area contributed by atoms with Crippen LogP contribution in [0.15, 0.2) is 60.7 Å². The Kier molecular flexibility index (Phi) is 7.09. The van der Waals surface area contributed by atoms with E-state index in [1.807, 2.05) is 0 Å². The highest BCUT2D eigenvalue weighted by atomic mass is 16.5. The topological polar surface area (TPSA) is 21.3 Å². The number of benzene rings is 2. The average molecular weight is 366 g/mol. The molecule has 1 fully saturated rings. The second-order valence-corrected chi connectivity index (χ2v) is 8.69. The van der Waals surface area contributed by atoms with Gasteiger partial charge in [0.05, 0.1) is 5.60 Å². The number of ether oxygens (including phenoxy) is 1. The number of rotatable bonds is 8. The van der Waals surface area contributed by atoms with Crippen LogP contribution in [0.4, 0.5) is 0 Å². The summed E-state index contributed by atoms with van der Waals surface area (Å²) in [6.07, 6.45) is 4.74. The highest BCUT2D eigenvalue weighted by molar-refractivity contribution is 5.18. The minimum Gasteiger partial charge on any atom is -0.376 e. The van der Waals surface area contributed by atoms with Crippen molar-refractivity contribution in [1.29, 1.82) is 0 Å². The van der Waals surface area contributed by atoms with Crippen LogP contribution in [0.3, 0.4) is 0 Å². The molecule has 0 aromatic heterocycles. The van der Waals surface area contributed by atoms with E-state index in [1.165, 1.54) is 36.8 Å². The predicted molar refractivity (Wildman–Crippen MR) is 114 cm³/mol. The normalized spacial score (nSPS) is 21.5. The zero-order valence-corrected chi connectivity index (χ0v) is 17.2. The van der Waals surface area contributed by atoms with Crippen molar-refractivity contribution in [2.75, 3.05) is 13.2 Å². The Morgan fingerprint density at radius 1 is 1.04 bits per heavy atom. The lowest BCUT2D eigenvalue weighted by atomic mass is 9.75. The molecule has 3 rings (SSSR count). The van der Waals surface area contributed by atoms with E-state index in [4.69, 9.17) is 4.74 Å². The van der Waals surface area contributed by atoms with Crippen molar-refractivity contribution in [3.05, 3.63) is 71.8 Å². The lowest BCUT2D eigenvalue weighted by Gasteiger charge is -2.39. The maximum Gasteiger partial charge on any atom is 0.0629 e. The molecule has 0 saturated carbocycles. The molecule has 2 aromatic carbocycles. The van der Waals surface area contributed by atoms with Gasteiger partial charge in [0, 0.05) is 12.6 Å². The summed E-state index contributed by atoms with van der Waals surface area (Å²) in [5, 5.41) is 3.74. The molecule has 1 aliphatic rings. The fourth-order valence-electron chi connectivity index (χ4n) is 4.45. The van der Waals surface area contributed by atoms with Crippen LogP contribution in [0, 0.1) is 11.8 Å². The second kappa shape index (κ2) is 9.52. The van der Waals surface area contributed by atoms with Gasteiger partial charge >= 0.3 is 0 Å². The van der Waals surface area contributed by atoms with Crippen LogP contribution in [0.5, 0.6) is 0 Å². The maximum absolute atomic E-state index is 5.98. The van der Waals surface area contributed by atoms with E-state index >= 15 is 0 Å². The van der Waals surface area contributed by atoms with Crippen molar-refractivity contribution in [3.63, 3.8) is 0 Å². The summed E-state index contributed by atoms with van der Waals surface area (Å²) in [5.41, 5.74) is 2.84. The molecular weight excluding hydrogens is 330 g/mol. The van der Waals surface area contributed by atoms with Crippen LogP contribution < -0.4 is 5.32 Å². The standard InChI is InChI=1S/C25H35NO/c1-20(22-12-8-5-9-13-22)26-16-14-23(18-21-10-6-4-7-11-21)24-15-17-27-25(2,3)19-24/h4-13,20,23-24,26H,14-19H2,1-3H3/t20-,23+,24-/m1/s1. The summed E-state index contributed by atoms with van der Waals surface area (Å²) in [5.74, 6) is 1.44. The average Bonchev–Trinajstić information content (AvgIpc) is 2.68. The summed E-state index contributed by atoms with van der Waals surface area (Å²) >= 11 is 0. The predicted octanol–water partition coefficient (Wildman–Crippen LogP) is 5.79. The van der Waals surface area contributed by atoms with E-state index in [-0.39, 0.29) is 5.60 Å². The summed E-state index contributed by atoms with van der Waals surface area (Å²) < 4.78 is 5.98. The summed E-state index contributed by atoms with van der Waals surface area (Å²) in [6.45, 7) is 8.71. The van der Waals surface area contributed by atoms with E-state index in [9.17, 15) is 0 Å². The molecule has 0 aliphatic carbocycles. The molecule has 3 atom stereocenters. The van der Waals surface area contributed by atoms with Crippen LogP contribution >= 0.6 is 0 Å².